The molecular formula is C9H21NS. The van der Waals surface area contributed by atoms with Gasteiger partial charge in [-0.15, -0.1) is 11.8 Å². The molecule has 0 radical (unpaired) electrons. The van der Waals surface area contributed by atoms with Crippen LogP contribution in [0.25, 0.3) is 0 Å². The molecule has 0 spiro atoms. The molecule has 2 heteroatoms. The average molecular weight is 175 g/mol. The molecule has 0 amide bonds. The van der Waals surface area contributed by atoms with Crippen LogP contribution >= 0.6 is 11.8 Å². The molecule has 0 rings (SSSR count). The van der Waals surface area contributed by atoms with Crippen molar-refractivity contribution in [3.63, 3.8) is 0 Å². The Bertz CT molecular complexity index is 75.6. The van der Waals surface area contributed by atoms with Gasteiger partial charge in [-0.3, -0.25) is 0 Å². The molecule has 0 saturated heterocycles. The van der Waals surface area contributed by atoms with Crippen LogP contribution < -0.4 is 5.32 Å². The van der Waals surface area contributed by atoms with E-state index in [9.17, 15) is 0 Å². The van der Waals surface area contributed by atoms with Crippen LogP contribution in [0, 0.1) is 0 Å². The van der Waals surface area contributed by atoms with E-state index in [1.807, 2.05) is 11.8 Å². The van der Waals surface area contributed by atoms with Crippen LogP contribution in [-0.4, -0.2) is 17.2 Å². The lowest BCUT2D eigenvalue weighted by Gasteiger charge is -2.13. The van der Waals surface area contributed by atoms with E-state index in [2.05, 4.69) is 33.0 Å². The summed E-state index contributed by atoms with van der Waals surface area (Å²) >= 11 is 2.01. The summed E-state index contributed by atoms with van der Waals surface area (Å²) < 4.78 is 0. The summed E-state index contributed by atoms with van der Waals surface area (Å²) in [5.74, 6) is 1.10. The summed E-state index contributed by atoms with van der Waals surface area (Å²) in [6.45, 7) is 8.96. The normalized spacial score (nSPS) is 16.4. The molecule has 0 aliphatic rings. The third-order valence-electron chi connectivity index (χ3n) is 1.99. The summed E-state index contributed by atoms with van der Waals surface area (Å²) in [5, 5.41) is 4.26. The highest BCUT2D eigenvalue weighted by molar-refractivity contribution is 7.99. The third kappa shape index (κ3) is 6.70. The van der Waals surface area contributed by atoms with E-state index in [4.69, 9.17) is 0 Å². The Morgan fingerprint density at radius 3 is 2.27 bits per heavy atom. The molecule has 0 aliphatic heterocycles. The van der Waals surface area contributed by atoms with Crippen molar-refractivity contribution in [2.75, 3.05) is 5.88 Å². The van der Waals surface area contributed by atoms with Crippen LogP contribution in [0.5, 0.6) is 0 Å². The summed E-state index contributed by atoms with van der Waals surface area (Å²) in [6.07, 6.45) is 2.49. The first-order chi connectivity index (χ1) is 5.20. The van der Waals surface area contributed by atoms with Crippen LogP contribution in [-0.2, 0) is 0 Å². The predicted octanol–water partition coefficient (Wildman–Crippen LogP) is 2.86. The predicted molar refractivity (Wildman–Crippen MR) is 55.1 cm³/mol. The van der Waals surface area contributed by atoms with E-state index >= 15 is 0 Å². The second-order valence-electron chi connectivity index (χ2n) is 3.04. The molecule has 11 heavy (non-hydrogen) atoms. The summed E-state index contributed by atoms with van der Waals surface area (Å²) in [6, 6.07) is 0.673. The highest BCUT2D eigenvalue weighted by Crippen LogP contribution is 2.11. The second-order valence-corrected chi connectivity index (χ2v) is 4.47. The zero-order valence-corrected chi connectivity index (χ0v) is 9.00. The van der Waals surface area contributed by atoms with Crippen molar-refractivity contribution >= 4 is 11.8 Å². The lowest BCUT2D eigenvalue weighted by atomic mass is 10.3. The zero-order valence-electron chi connectivity index (χ0n) is 8.18. The number of nitrogens with one attached hydrogen (secondary N) is 1. The highest BCUT2D eigenvalue weighted by Gasteiger charge is 2.00. The Hall–Kier alpha value is 0.310. The van der Waals surface area contributed by atoms with Crippen molar-refractivity contribution in [3.05, 3.63) is 0 Å². The number of rotatable bonds is 6. The number of hydrogen-bond acceptors (Lipinski definition) is 2. The van der Waals surface area contributed by atoms with Gasteiger partial charge in [0.25, 0.3) is 0 Å². The lowest BCUT2D eigenvalue weighted by molar-refractivity contribution is 0.582. The van der Waals surface area contributed by atoms with Crippen molar-refractivity contribution in [2.45, 2.75) is 51.8 Å². The summed E-state index contributed by atoms with van der Waals surface area (Å²) in [7, 11) is 0. The number of hydrogen-bond donors (Lipinski definition) is 1. The number of thioether (sulfide) groups is 1. The van der Waals surface area contributed by atoms with E-state index in [-0.39, 0.29) is 0 Å². The minimum atomic E-state index is 0.673. The maximum absolute atomic E-state index is 3.46. The maximum Gasteiger partial charge on any atom is 0.0422 e. The van der Waals surface area contributed by atoms with Crippen LogP contribution in [0.3, 0.4) is 0 Å². The van der Waals surface area contributed by atoms with Crippen LogP contribution in [0.4, 0.5) is 0 Å². The first kappa shape index (κ1) is 11.3. The molecule has 0 aromatic carbocycles. The SMILES string of the molecule is CCC(C)NCSC(C)CC. The molecule has 0 saturated carbocycles. The van der Waals surface area contributed by atoms with E-state index in [0.717, 1.165) is 11.1 Å². The fraction of sp³-hybridized carbons (Fsp3) is 1.00. The van der Waals surface area contributed by atoms with Crippen molar-refractivity contribution in [1.82, 2.24) is 5.32 Å². The average Bonchev–Trinajstić information content (AvgIpc) is 2.04. The fourth-order valence-electron chi connectivity index (χ4n) is 0.595. The monoisotopic (exact) mass is 175 g/mol. The van der Waals surface area contributed by atoms with Gasteiger partial charge in [0.1, 0.15) is 0 Å². The minimum absolute atomic E-state index is 0.673. The standard InChI is InChI=1S/C9H21NS/c1-5-8(3)10-7-11-9(4)6-2/h8-10H,5-7H2,1-4H3. The van der Waals surface area contributed by atoms with Gasteiger partial charge in [-0.1, -0.05) is 20.8 Å². The van der Waals surface area contributed by atoms with Crippen molar-refractivity contribution in [3.8, 4) is 0 Å². The molecule has 68 valence electrons. The van der Waals surface area contributed by atoms with Crippen molar-refractivity contribution < 1.29 is 0 Å². The van der Waals surface area contributed by atoms with E-state index in [1.54, 1.807) is 0 Å². The zero-order chi connectivity index (χ0) is 8.69. The topological polar surface area (TPSA) is 12.0 Å². The molecule has 1 N–H and O–H groups in total. The second kappa shape index (κ2) is 6.99. The van der Waals surface area contributed by atoms with Gasteiger partial charge < -0.3 is 5.32 Å². The first-order valence-corrected chi connectivity index (χ1v) is 5.60. The van der Waals surface area contributed by atoms with Gasteiger partial charge in [0, 0.05) is 17.2 Å². The lowest BCUT2D eigenvalue weighted by Crippen LogP contribution is -2.25. The van der Waals surface area contributed by atoms with Gasteiger partial charge >= 0.3 is 0 Å². The third-order valence-corrected chi connectivity index (χ3v) is 3.22. The van der Waals surface area contributed by atoms with Gasteiger partial charge in [0.15, 0.2) is 0 Å². The Morgan fingerprint density at radius 2 is 1.82 bits per heavy atom. The minimum Gasteiger partial charge on any atom is -0.305 e. The Morgan fingerprint density at radius 1 is 1.18 bits per heavy atom. The van der Waals surface area contributed by atoms with E-state index in [1.165, 1.54) is 12.8 Å². The van der Waals surface area contributed by atoms with Crippen molar-refractivity contribution in [1.29, 1.82) is 0 Å². The van der Waals surface area contributed by atoms with Gasteiger partial charge in [0.05, 0.1) is 0 Å². The Balaban J connectivity index is 3.13. The van der Waals surface area contributed by atoms with Crippen LogP contribution in [0.1, 0.15) is 40.5 Å². The molecule has 0 aromatic heterocycles. The Labute approximate surface area is 75.3 Å². The summed E-state index contributed by atoms with van der Waals surface area (Å²) in [5.41, 5.74) is 0. The molecule has 0 fully saturated rings. The molecule has 2 unspecified atom stereocenters. The Kier molecular flexibility index (Phi) is 7.18. The van der Waals surface area contributed by atoms with Gasteiger partial charge in [0.2, 0.25) is 0 Å². The fourth-order valence-corrected chi connectivity index (χ4v) is 1.50. The van der Waals surface area contributed by atoms with Crippen LogP contribution in [0.15, 0.2) is 0 Å². The molecule has 0 bridgehead atoms. The van der Waals surface area contributed by atoms with Gasteiger partial charge in [-0.05, 0) is 19.8 Å². The van der Waals surface area contributed by atoms with Crippen LogP contribution in [0.2, 0.25) is 0 Å². The molecule has 2 atom stereocenters. The molecular weight excluding hydrogens is 154 g/mol. The summed E-state index contributed by atoms with van der Waals surface area (Å²) in [4.78, 5) is 0. The molecule has 0 aromatic rings. The quantitative estimate of drug-likeness (QED) is 0.623. The first-order valence-electron chi connectivity index (χ1n) is 4.55. The maximum atomic E-state index is 3.46. The molecule has 0 heterocycles. The highest BCUT2D eigenvalue weighted by atomic mass is 32.2. The van der Waals surface area contributed by atoms with Crippen molar-refractivity contribution in [2.24, 2.45) is 0 Å². The van der Waals surface area contributed by atoms with Gasteiger partial charge in [-0.2, -0.15) is 0 Å². The van der Waals surface area contributed by atoms with Gasteiger partial charge in [-0.25, -0.2) is 0 Å². The smallest absolute Gasteiger partial charge is 0.0422 e. The largest absolute Gasteiger partial charge is 0.305 e. The van der Waals surface area contributed by atoms with E-state index in [0.29, 0.717) is 6.04 Å². The molecule has 0 aliphatic carbocycles. The van der Waals surface area contributed by atoms with E-state index < -0.39 is 0 Å². The molecule has 1 nitrogen and oxygen atoms in total.